The summed E-state index contributed by atoms with van der Waals surface area (Å²) in [5.41, 5.74) is 1.45. The summed E-state index contributed by atoms with van der Waals surface area (Å²) < 4.78 is 5.85. The van der Waals surface area contributed by atoms with Gasteiger partial charge in [-0.15, -0.1) is 0 Å². The first-order valence-electron chi connectivity index (χ1n) is 7.74. The largest absolute Gasteiger partial charge is 0.381 e. The Labute approximate surface area is 115 Å². The van der Waals surface area contributed by atoms with E-state index >= 15 is 0 Å². The Morgan fingerprint density at radius 3 is 2.42 bits per heavy atom. The lowest BCUT2D eigenvalue weighted by Gasteiger charge is -2.19. The number of ether oxygens (including phenoxy) is 1. The van der Waals surface area contributed by atoms with Gasteiger partial charge < -0.3 is 4.74 Å². The Bertz CT molecular complexity index is 416. The molecule has 3 aliphatic rings. The van der Waals surface area contributed by atoms with Gasteiger partial charge in [-0.2, -0.15) is 0 Å². The second-order valence-electron chi connectivity index (χ2n) is 6.65. The summed E-state index contributed by atoms with van der Waals surface area (Å²) in [6.07, 6.45) is 2.81. The van der Waals surface area contributed by atoms with Gasteiger partial charge in [0.15, 0.2) is 0 Å². The average Bonchev–Trinajstić information content (AvgIpc) is 3.32. The molecule has 0 aromatic heterocycles. The third kappa shape index (κ3) is 2.70. The van der Waals surface area contributed by atoms with E-state index < -0.39 is 0 Å². The van der Waals surface area contributed by atoms with Crippen molar-refractivity contribution in [3.63, 3.8) is 0 Å². The summed E-state index contributed by atoms with van der Waals surface area (Å²) >= 11 is 0. The maximum atomic E-state index is 5.85. The standard InChI is InChI=1S/C17H23NO/c1-2-4-13(5-3-1)8-18-9-15-16(10-18)17(15)12-19-11-14-6-7-14/h1-5,14-17H,6-12H2/t15-,16+,17+. The third-order valence-corrected chi connectivity index (χ3v) is 5.06. The van der Waals surface area contributed by atoms with Gasteiger partial charge in [0.2, 0.25) is 0 Å². The minimum atomic E-state index is 0.880. The molecule has 0 unspecified atom stereocenters. The normalized spacial score (nSPS) is 33.4. The molecular formula is C17H23NO. The fourth-order valence-electron chi connectivity index (χ4n) is 3.61. The minimum absolute atomic E-state index is 0.880. The van der Waals surface area contributed by atoms with Crippen LogP contribution in [0.4, 0.5) is 0 Å². The fourth-order valence-corrected chi connectivity index (χ4v) is 3.61. The highest BCUT2D eigenvalue weighted by Gasteiger charge is 2.55. The molecule has 2 heteroatoms. The van der Waals surface area contributed by atoms with Gasteiger partial charge >= 0.3 is 0 Å². The predicted molar refractivity (Wildman–Crippen MR) is 75.7 cm³/mol. The van der Waals surface area contributed by atoms with Crippen molar-refractivity contribution in [1.29, 1.82) is 0 Å². The molecule has 2 aliphatic carbocycles. The van der Waals surface area contributed by atoms with Crippen LogP contribution in [-0.4, -0.2) is 31.2 Å². The van der Waals surface area contributed by atoms with Crippen LogP contribution in [-0.2, 0) is 11.3 Å². The molecule has 4 rings (SSSR count). The van der Waals surface area contributed by atoms with E-state index in [2.05, 4.69) is 35.2 Å². The molecule has 1 aliphatic heterocycles. The number of fused-ring (bicyclic) bond motifs is 1. The molecule has 102 valence electrons. The molecule has 2 saturated carbocycles. The van der Waals surface area contributed by atoms with Gasteiger partial charge in [-0.25, -0.2) is 0 Å². The van der Waals surface area contributed by atoms with E-state index in [1.54, 1.807) is 0 Å². The van der Waals surface area contributed by atoms with Crippen molar-refractivity contribution in [3.8, 4) is 0 Å². The first-order chi connectivity index (χ1) is 9.40. The number of likely N-dealkylation sites (tertiary alicyclic amines) is 1. The van der Waals surface area contributed by atoms with Gasteiger partial charge in [-0.1, -0.05) is 30.3 Å². The topological polar surface area (TPSA) is 12.5 Å². The van der Waals surface area contributed by atoms with Crippen molar-refractivity contribution in [2.75, 3.05) is 26.3 Å². The molecule has 2 nitrogen and oxygen atoms in total. The van der Waals surface area contributed by atoms with E-state index in [-0.39, 0.29) is 0 Å². The molecule has 0 bridgehead atoms. The van der Waals surface area contributed by atoms with Gasteiger partial charge in [0.1, 0.15) is 0 Å². The van der Waals surface area contributed by atoms with Crippen molar-refractivity contribution in [2.24, 2.45) is 23.7 Å². The van der Waals surface area contributed by atoms with Crippen LogP contribution in [0.5, 0.6) is 0 Å². The highest BCUT2D eigenvalue weighted by atomic mass is 16.5. The Hall–Kier alpha value is -0.860. The van der Waals surface area contributed by atoms with E-state index in [4.69, 9.17) is 4.74 Å². The number of piperidine rings is 1. The summed E-state index contributed by atoms with van der Waals surface area (Å²) in [5.74, 6) is 3.66. The van der Waals surface area contributed by atoms with Crippen LogP contribution in [0.3, 0.4) is 0 Å². The highest BCUT2D eigenvalue weighted by Crippen LogP contribution is 2.52. The molecule has 0 N–H and O–H groups in total. The lowest BCUT2D eigenvalue weighted by atomic mass is 10.2. The molecule has 1 aromatic carbocycles. The molecule has 19 heavy (non-hydrogen) atoms. The summed E-state index contributed by atoms with van der Waals surface area (Å²) in [5, 5.41) is 0. The Kier molecular flexibility index (Phi) is 3.08. The highest BCUT2D eigenvalue weighted by molar-refractivity contribution is 5.15. The summed E-state index contributed by atoms with van der Waals surface area (Å²) in [7, 11) is 0. The second kappa shape index (κ2) is 4.92. The maximum absolute atomic E-state index is 5.85. The number of hydrogen-bond donors (Lipinski definition) is 0. The van der Waals surface area contributed by atoms with Crippen LogP contribution >= 0.6 is 0 Å². The first-order valence-corrected chi connectivity index (χ1v) is 7.74. The lowest BCUT2D eigenvalue weighted by Crippen LogP contribution is -2.25. The van der Waals surface area contributed by atoms with E-state index in [0.29, 0.717) is 0 Å². The van der Waals surface area contributed by atoms with Crippen molar-refractivity contribution >= 4 is 0 Å². The van der Waals surface area contributed by atoms with Crippen LogP contribution in [0, 0.1) is 23.7 Å². The second-order valence-corrected chi connectivity index (χ2v) is 6.65. The zero-order valence-corrected chi connectivity index (χ0v) is 11.5. The fraction of sp³-hybridized carbons (Fsp3) is 0.647. The molecule has 3 fully saturated rings. The molecule has 1 aromatic rings. The number of hydrogen-bond acceptors (Lipinski definition) is 2. The molecule has 0 radical (unpaired) electrons. The summed E-state index contributed by atoms with van der Waals surface area (Å²) in [4.78, 5) is 2.61. The number of nitrogens with zero attached hydrogens (tertiary/aromatic N) is 1. The van der Waals surface area contributed by atoms with Crippen molar-refractivity contribution in [3.05, 3.63) is 35.9 Å². The molecular weight excluding hydrogens is 234 g/mol. The smallest absolute Gasteiger partial charge is 0.0500 e. The molecule has 0 amide bonds. The number of rotatable bonds is 6. The van der Waals surface area contributed by atoms with Crippen LogP contribution in [0.1, 0.15) is 18.4 Å². The van der Waals surface area contributed by atoms with Crippen LogP contribution in [0.25, 0.3) is 0 Å². The summed E-state index contributed by atoms with van der Waals surface area (Å²) in [6.45, 7) is 5.77. The van der Waals surface area contributed by atoms with Gasteiger partial charge in [0.05, 0.1) is 6.61 Å². The first kappa shape index (κ1) is 11.9. The van der Waals surface area contributed by atoms with Crippen molar-refractivity contribution in [1.82, 2.24) is 4.90 Å². The average molecular weight is 257 g/mol. The van der Waals surface area contributed by atoms with E-state index in [9.17, 15) is 0 Å². The zero-order valence-electron chi connectivity index (χ0n) is 11.5. The zero-order chi connectivity index (χ0) is 12.7. The van der Waals surface area contributed by atoms with Gasteiger partial charge in [-0.3, -0.25) is 4.90 Å². The SMILES string of the molecule is c1ccc(CN2C[C@@H]3[C@@H](COCC4CC4)[C@@H]3C2)cc1. The van der Waals surface area contributed by atoms with E-state index in [1.807, 2.05) is 0 Å². The number of benzene rings is 1. The third-order valence-electron chi connectivity index (χ3n) is 5.06. The molecule has 0 spiro atoms. The predicted octanol–water partition coefficient (Wildman–Crippen LogP) is 2.79. The molecule has 1 heterocycles. The Morgan fingerprint density at radius 2 is 1.74 bits per heavy atom. The summed E-state index contributed by atoms with van der Waals surface area (Å²) in [6, 6.07) is 10.8. The maximum Gasteiger partial charge on any atom is 0.0500 e. The van der Waals surface area contributed by atoms with Crippen LogP contribution in [0.2, 0.25) is 0 Å². The van der Waals surface area contributed by atoms with Gasteiger partial charge in [0, 0.05) is 26.2 Å². The minimum Gasteiger partial charge on any atom is -0.381 e. The van der Waals surface area contributed by atoms with Crippen LogP contribution < -0.4 is 0 Å². The van der Waals surface area contributed by atoms with Gasteiger partial charge in [-0.05, 0) is 42.1 Å². The monoisotopic (exact) mass is 257 g/mol. The molecule has 3 atom stereocenters. The Morgan fingerprint density at radius 1 is 1.00 bits per heavy atom. The molecule has 1 saturated heterocycles. The Balaban J connectivity index is 1.20. The van der Waals surface area contributed by atoms with Crippen molar-refractivity contribution < 1.29 is 4.74 Å². The van der Waals surface area contributed by atoms with Crippen LogP contribution in [0.15, 0.2) is 30.3 Å². The van der Waals surface area contributed by atoms with E-state index in [0.717, 1.165) is 43.4 Å². The lowest BCUT2D eigenvalue weighted by molar-refractivity contribution is 0.101. The van der Waals surface area contributed by atoms with Crippen molar-refractivity contribution in [2.45, 2.75) is 19.4 Å². The van der Waals surface area contributed by atoms with E-state index in [1.165, 1.54) is 31.5 Å². The quantitative estimate of drug-likeness (QED) is 0.777. The van der Waals surface area contributed by atoms with Gasteiger partial charge in [0.25, 0.3) is 0 Å².